The van der Waals surface area contributed by atoms with Crippen molar-refractivity contribution in [3.05, 3.63) is 29.6 Å². The van der Waals surface area contributed by atoms with Crippen molar-refractivity contribution in [1.82, 2.24) is 4.72 Å². The van der Waals surface area contributed by atoms with E-state index in [4.69, 9.17) is 5.11 Å². The number of hydrogen-bond donors (Lipinski definition) is 2. The van der Waals surface area contributed by atoms with Crippen LogP contribution in [0.1, 0.15) is 44.1 Å². The third kappa shape index (κ3) is 4.49. The summed E-state index contributed by atoms with van der Waals surface area (Å²) in [6.45, 7) is -0.123. The number of nitrogens with one attached hydrogen (secondary N) is 1. The fourth-order valence-electron chi connectivity index (χ4n) is 2.82. The van der Waals surface area contributed by atoms with Crippen LogP contribution in [-0.4, -0.2) is 20.1 Å². The molecule has 0 aromatic heterocycles. The van der Waals surface area contributed by atoms with Crippen molar-refractivity contribution in [2.75, 3.05) is 6.54 Å². The summed E-state index contributed by atoms with van der Waals surface area (Å²) in [5.74, 6) is 0.138. The molecule has 118 valence electrons. The van der Waals surface area contributed by atoms with Crippen LogP contribution in [0.2, 0.25) is 0 Å². The predicted octanol–water partition coefficient (Wildman–Crippen LogP) is 2.57. The summed E-state index contributed by atoms with van der Waals surface area (Å²) in [5.41, 5.74) is -0.0103. The van der Waals surface area contributed by atoms with Gasteiger partial charge >= 0.3 is 0 Å². The molecule has 1 aliphatic rings. The lowest BCUT2D eigenvalue weighted by molar-refractivity contribution is 0.275. The lowest BCUT2D eigenvalue weighted by Gasteiger charge is -2.10. The maximum atomic E-state index is 13.3. The van der Waals surface area contributed by atoms with Crippen molar-refractivity contribution < 1.29 is 17.9 Å². The van der Waals surface area contributed by atoms with E-state index < -0.39 is 22.4 Å². The number of hydrogen-bond acceptors (Lipinski definition) is 3. The summed E-state index contributed by atoms with van der Waals surface area (Å²) in [7, 11) is -3.63. The first-order valence-corrected chi connectivity index (χ1v) is 8.90. The van der Waals surface area contributed by atoms with E-state index >= 15 is 0 Å². The molecule has 0 atom stereocenters. The first kappa shape index (κ1) is 16.4. The molecule has 1 aromatic carbocycles. The van der Waals surface area contributed by atoms with E-state index in [9.17, 15) is 12.8 Å². The summed E-state index contributed by atoms with van der Waals surface area (Å²) >= 11 is 0. The molecule has 2 rings (SSSR count). The van der Waals surface area contributed by atoms with Crippen molar-refractivity contribution in [1.29, 1.82) is 0 Å². The molecule has 1 saturated carbocycles. The Bertz CT molecular complexity index is 568. The Balaban J connectivity index is 1.88. The number of aliphatic hydroxyl groups is 1. The largest absolute Gasteiger partial charge is 0.392 e. The molecule has 4 nitrogen and oxygen atoms in total. The zero-order valence-corrected chi connectivity index (χ0v) is 12.8. The molecule has 0 amide bonds. The normalized spacial score (nSPS) is 16.5. The number of aliphatic hydroxyl groups excluding tert-OH is 1. The summed E-state index contributed by atoms with van der Waals surface area (Å²) in [6.07, 6.45) is 6.95. The average Bonchev–Trinajstić information content (AvgIpc) is 2.97. The van der Waals surface area contributed by atoms with Gasteiger partial charge in [0.25, 0.3) is 0 Å². The van der Waals surface area contributed by atoms with Crippen LogP contribution >= 0.6 is 0 Å². The number of benzene rings is 1. The number of halogens is 1. The van der Waals surface area contributed by atoms with Gasteiger partial charge in [0.1, 0.15) is 5.82 Å². The third-order valence-electron chi connectivity index (χ3n) is 4.05. The molecule has 1 fully saturated rings. The van der Waals surface area contributed by atoms with E-state index in [0.717, 1.165) is 24.8 Å². The van der Waals surface area contributed by atoms with E-state index in [2.05, 4.69) is 4.72 Å². The highest BCUT2D eigenvalue weighted by Gasteiger charge is 2.17. The van der Waals surface area contributed by atoms with Crippen molar-refractivity contribution in [2.45, 2.75) is 50.0 Å². The van der Waals surface area contributed by atoms with Gasteiger partial charge in [0.15, 0.2) is 0 Å². The second-order valence-corrected chi connectivity index (χ2v) is 7.37. The Morgan fingerprint density at radius 1 is 1.29 bits per heavy atom. The Morgan fingerprint density at radius 2 is 2.00 bits per heavy atom. The zero-order valence-electron chi connectivity index (χ0n) is 12.0. The maximum absolute atomic E-state index is 13.3. The minimum atomic E-state index is -3.63. The molecule has 0 heterocycles. The van der Waals surface area contributed by atoms with Crippen LogP contribution in [0.5, 0.6) is 0 Å². The van der Waals surface area contributed by atoms with Gasteiger partial charge in [0.2, 0.25) is 10.0 Å². The Labute approximate surface area is 125 Å². The third-order valence-corrected chi connectivity index (χ3v) is 5.51. The van der Waals surface area contributed by atoms with Crippen LogP contribution < -0.4 is 4.72 Å². The first-order chi connectivity index (χ1) is 10.0. The van der Waals surface area contributed by atoms with Crippen molar-refractivity contribution in [3.63, 3.8) is 0 Å². The molecule has 0 spiro atoms. The van der Waals surface area contributed by atoms with Gasteiger partial charge in [-0.15, -0.1) is 0 Å². The SMILES string of the molecule is O=S(=O)(NCCCC1CCCC1)c1ccc(F)c(CO)c1. The first-order valence-electron chi connectivity index (χ1n) is 7.42. The molecule has 1 aliphatic carbocycles. The molecule has 6 heteroatoms. The fraction of sp³-hybridized carbons (Fsp3) is 0.600. The Kier molecular flexibility index (Phi) is 5.72. The molecular formula is C15H22FNO3S. The minimum Gasteiger partial charge on any atom is -0.392 e. The van der Waals surface area contributed by atoms with Gasteiger partial charge in [0.05, 0.1) is 11.5 Å². The predicted molar refractivity (Wildman–Crippen MR) is 78.7 cm³/mol. The van der Waals surface area contributed by atoms with E-state index in [1.54, 1.807) is 0 Å². The van der Waals surface area contributed by atoms with Crippen molar-refractivity contribution in [3.8, 4) is 0 Å². The molecule has 21 heavy (non-hydrogen) atoms. The molecule has 0 radical (unpaired) electrons. The zero-order chi connectivity index (χ0) is 15.3. The Hall–Kier alpha value is -0.980. The maximum Gasteiger partial charge on any atom is 0.240 e. The lowest BCUT2D eigenvalue weighted by Crippen LogP contribution is -2.25. The van der Waals surface area contributed by atoms with Crippen LogP contribution in [0, 0.1) is 11.7 Å². The highest BCUT2D eigenvalue weighted by molar-refractivity contribution is 7.89. The summed E-state index contributed by atoms with van der Waals surface area (Å²) in [6, 6.07) is 3.46. The van der Waals surface area contributed by atoms with Gasteiger partial charge in [-0.3, -0.25) is 0 Å². The second-order valence-electron chi connectivity index (χ2n) is 5.60. The second kappa shape index (κ2) is 7.33. The van der Waals surface area contributed by atoms with Crippen molar-refractivity contribution >= 4 is 10.0 Å². The highest BCUT2D eigenvalue weighted by atomic mass is 32.2. The molecule has 1 aromatic rings. The number of rotatable bonds is 7. The Morgan fingerprint density at radius 3 is 2.67 bits per heavy atom. The lowest BCUT2D eigenvalue weighted by atomic mass is 10.0. The van der Waals surface area contributed by atoms with Gasteiger partial charge in [-0.1, -0.05) is 25.7 Å². The topological polar surface area (TPSA) is 66.4 Å². The van der Waals surface area contributed by atoms with Gasteiger partial charge in [-0.25, -0.2) is 17.5 Å². The van der Waals surface area contributed by atoms with Crippen molar-refractivity contribution in [2.24, 2.45) is 5.92 Å². The van der Waals surface area contributed by atoms with E-state index in [0.29, 0.717) is 6.54 Å². The van der Waals surface area contributed by atoms with E-state index in [-0.39, 0.29) is 10.5 Å². The fourth-order valence-corrected chi connectivity index (χ4v) is 3.94. The van der Waals surface area contributed by atoms with Gasteiger partial charge in [-0.05, 0) is 37.0 Å². The quantitative estimate of drug-likeness (QED) is 0.760. The van der Waals surface area contributed by atoms with Crippen LogP contribution in [0.3, 0.4) is 0 Å². The standard InChI is InChI=1S/C15H22FNO3S/c16-15-8-7-14(10-13(15)11-18)21(19,20)17-9-3-6-12-4-1-2-5-12/h7-8,10,12,17-18H,1-6,9,11H2. The molecule has 0 aliphatic heterocycles. The molecule has 2 N–H and O–H groups in total. The highest BCUT2D eigenvalue weighted by Crippen LogP contribution is 2.28. The molecule has 0 saturated heterocycles. The number of sulfonamides is 1. The van der Waals surface area contributed by atoms with Gasteiger partial charge in [-0.2, -0.15) is 0 Å². The summed E-state index contributed by atoms with van der Waals surface area (Å²) in [5, 5.41) is 8.99. The van der Waals surface area contributed by atoms with Crippen LogP contribution in [0.15, 0.2) is 23.1 Å². The van der Waals surface area contributed by atoms with Crippen LogP contribution in [0.25, 0.3) is 0 Å². The molecule has 0 bridgehead atoms. The van der Waals surface area contributed by atoms with Gasteiger partial charge < -0.3 is 5.11 Å². The van der Waals surface area contributed by atoms with E-state index in [1.165, 1.54) is 37.8 Å². The average molecular weight is 315 g/mol. The van der Waals surface area contributed by atoms with E-state index in [1.807, 2.05) is 0 Å². The minimum absolute atomic E-state index is 0.00573. The smallest absolute Gasteiger partial charge is 0.240 e. The van der Waals surface area contributed by atoms with Gasteiger partial charge in [0, 0.05) is 12.1 Å². The van der Waals surface area contributed by atoms with Crippen LogP contribution in [-0.2, 0) is 16.6 Å². The monoisotopic (exact) mass is 315 g/mol. The summed E-state index contributed by atoms with van der Waals surface area (Å²) in [4.78, 5) is -0.00573. The summed E-state index contributed by atoms with van der Waals surface area (Å²) < 4.78 is 40.0. The van der Waals surface area contributed by atoms with Crippen LogP contribution in [0.4, 0.5) is 4.39 Å². The molecular weight excluding hydrogens is 293 g/mol. The molecule has 0 unspecified atom stereocenters.